The number of rotatable bonds is 20. The Morgan fingerprint density at radius 1 is 0.984 bits per heavy atom. The molecule has 0 aromatic heterocycles. The van der Waals surface area contributed by atoms with Crippen LogP contribution in [-0.2, 0) is 25.7 Å². The number of likely N-dealkylation sites (N-methyl/N-ethyl adjacent to an activating group) is 1. The minimum Gasteiger partial charge on any atom is -0.459 e. The Kier molecular flexibility index (Phi) is 16.0. The van der Waals surface area contributed by atoms with E-state index in [0.717, 1.165) is 73.8 Å². The second-order valence-electron chi connectivity index (χ2n) is 17.6. The molecule has 3 aliphatic carbocycles. The summed E-state index contributed by atoms with van der Waals surface area (Å²) < 4.78 is 26.2. The van der Waals surface area contributed by atoms with Crippen LogP contribution in [0.3, 0.4) is 0 Å². The summed E-state index contributed by atoms with van der Waals surface area (Å²) in [6.07, 6.45) is 16.7. The molecule has 0 radical (unpaired) electrons. The summed E-state index contributed by atoms with van der Waals surface area (Å²) in [6, 6.07) is 14.6. The third-order valence-electron chi connectivity index (χ3n) is 13.7. The highest BCUT2D eigenvalue weighted by atomic mass is 16.8. The number of oxime groups is 1. The lowest BCUT2D eigenvalue weighted by atomic mass is 9.55. The number of fused-ring (bicyclic) bond motifs is 2. The van der Waals surface area contributed by atoms with Gasteiger partial charge in [0.15, 0.2) is 0 Å². The van der Waals surface area contributed by atoms with Gasteiger partial charge >= 0.3 is 6.09 Å². The van der Waals surface area contributed by atoms with Crippen molar-refractivity contribution in [3.63, 3.8) is 0 Å². The van der Waals surface area contributed by atoms with Crippen molar-refractivity contribution < 1.29 is 43.6 Å². The average Bonchev–Trinajstić information content (AvgIpc) is 3.82. The third-order valence-corrected chi connectivity index (χ3v) is 13.7. The van der Waals surface area contributed by atoms with Crippen LogP contribution < -0.4 is 14.8 Å². The monoisotopic (exact) mass is 841 g/mol. The number of allylic oxidation sites excluding steroid dienone is 1. The first-order chi connectivity index (χ1) is 29.8. The van der Waals surface area contributed by atoms with Crippen LogP contribution in [0, 0.1) is 23.7 Å². The highest BCUT2D eigenvalue weighted by molar-refractivity contribution is 6.03. The summed E-state index contributed by atoms with van der Waals surface area (Å²) >= 11 is 0. The number of hydrogen-bond donors (Lipinski definition) is 3. The summed E-state index contributed by atoms with van der Waals surface area (Å²) in [5.41, 5.74) is 3.54. The fourth-order valence-corrected chi connectivity index (χ4v) is 10.6. The van der Waals surface area contributed by atoms with Gasteiger partial charge in [-0.2, -0.15) is 0 Å². The van der Waals surface area contributed by atoms with E-state index in [1.54, 1.807) is 12.1 Å². The van der Waals surface area contributed by atoms with E-state index in [-0.39, 0.29) is 43.5 Å². The number of nitrogens with one attached hydrogen (secondary N) is 1. The van der Waals surface area contributed by atoms with E-state index in [1.807, 2.05) is 54.4 Å². The Hall–Kier alpha value is -4.23. The first-order valence-electron chi connectivity index (χ1n) is 23.0. The van der Waals surface area contributed by atoms with Gasteiger partial charge in [-0.15, -0.1) is 6.58 Å². The number of aliphatic hydroxyl groups is 2. The summed E-state index contributed by atoms with van der Waals surface area (Å²) in [5.74, 6) is -0.321. The molecule has 5 aliphatic rings. The predicted molar refractivity (Wildman–Crippen MR) is 233 cm³/mol. The molecule has 7 atom stereocenters. The summed E-state index contributed by atoms with van der Waals surface area (Å²) in [4.78, 5) is 35.7. The molecule has 2 saturated carbocycles. The van der Waals surface area contributed by atoms with Gasteiger partial charge in [-0.05, 0) is 92.0 Å². The number of hydrogen-bond acceptors (Lipinski definition) is 10. The average molecular weight is 842 g/mol. The smallest absolute Gasteiger partial charge is 0.412 e. The number of amides is 2. The zero-order valence-electron chi connectivity index (χ0n) is 36.0. The molecule has 2 aromatic rings. The van der Waals surface area contributed by atoms with E-state index in [2.05, 4.69) is 18.0 Å². The van der Waals surface area contributed by atoms with Gasteiger partial charge in [-0.25, -0.2) is 4.79 Å². The van der Waals surface area contributed by atoms with Crippen LogP contribution in [0.25, 0.3) is 0 Å². The first kappa shape index (κ1) is 44.8. The lowest BCUT2D eigenvalue weighted by Gasteiger charge is -2.59. The molecule has 2 heterocycles. The van der Waals surface area contributed by atoms with Crippen LogP contribution >= 0.6 is 0 Å². The Bertz CT molecular complexity index is 1820. The quantitative estimate of drug-likeness (QED) is 0.0678. The number of aliphatic hydroxyl groups excluding tert-OH is 2. The van der Waals surface area contributed by atoms with Crippen LogP contribution in [0.1, 0.15) is 120 Å². The molecular weight excluding hydrogens is 775 g/mol. The highest BCUT2D eigenvalue weighted by Crippen LogP contribution is 2.62. The number of unbranched alkanes of at least 4 members (excludes halogenated alkanes) is 2. The summed E-state index contributed by atoms with van der Waals surface area (Å²) in [6.45, 7) is 5.35. The maximum Gasteiger partial charge on any atom is 0.412 e. The molecule has 2 amide bonds. The lowest BCUT2D eigenvalue weighted by Crippen LogP contribution is -2.69. The Labute approximate surface area is 361 Å². The van der Waals surface area contributed by atoms with Crippen LogP contribution in [0.2, 0.25) is 0 Å². The van der Waals surface area contributed by atoms with Crippen molar-refractivity contribution in [1.29, 1.82) is 0 Å². The van der Waals surface area contributed by atoms with Crippen molar-refractivity contribution in [3.05, 3.63) is 84.0 Å². The maximum absolute atomic E-state index is 14.4. The number of nitrogens with zero attached hydrogens (tertiary/aromatic N) is 2. The van der Waals surface area contributed by atoms with Gasteiger partial charge in [0.1, 0.15) is 17.5 Å². The molecule has 3 fully saturated rings. The van der Waals surface area contributed by atoms with Gasteiger partial charge < -0.3 is 44.2 Å². The summed E-state index contributed by atoms with van der Waals surface area (Å²) in [5, 5.41) is 27.6. The normalized spacial score (nSPS) is 27.6. The van der Waals surface area contributed by atoms with E-state index in [9.17, 15) is 19.8 Å². The third kappa shape index (κ3) is 10.7. The minimum absolute atomic E-state index is 0.0372. The molecule has 0 spiro atoms. The van der Waals surface area contributed by atoms with Gasteiger partial charge in [0.25, 0.3) is 0 Å². The Morgan fingerprint density at radius 2 is 1.75 bits per heavy atom. The molecule has 2 aromatic carbocycles. The molecule has 12 nitrogen and oxygen atoms in total. The molecule has 332 valence electrons. The maximum atomic E-state index is 14.4. The topological polar surface area (TPSA) is 148 Å². The van der Waals surface area contributed by atoms with E-state index in [0.29, 0.717) is 56.3 Å². The number of carbonyl (C=O) groups excluding carboxylic acids is 2. The van der Waals surface area contributed by atoms with Crippen molar-refractivity contribution in [2.24, 2.45) is 28.8 Å². The number of ether oxygens (including phenoxy) is 4. The fraction of sp³-hybridized carbons (Fsp3) is 0.612. The molecular formula is C49H67N3O9. The summed E-state index contributed by atoms with van der Waals surface area (Å²) in [7, 11) is 1.87. The predicted octanol–water partition coefficient (Wildman–Crippen LogP) is 8.56. The highest BCUT2D eigenvalue weighted by Gasteiger charge is 2.65. The van der Waals surface area contributed by atoms with E-state index >= 15 is 0 Å². The number of benzene rings is 2. The largest absolute Gasteiger partial charge is 0.459 e. The van der Waals surface area contributed by atoms with Gasteiger partial charge in [0.2, 0.25) is 18.0 Å². The SMILES string of the molecule is C=CCOC12Oc3ccc(OC(=O)NCc4ccccc4)cc3C3C(CCCCO)C(CCCCO)C=C(C(=NOC4CCCCO4)CC1N(C)C(=O)CCC1CCCC1)C32. The van der Waals surface area contributed by atoms with Crippen molar-refractivity contribution >= 4 is 17.7 Å². The van der Waals surface area contributed by atoms with Crippen LogP contribution in [-0.4, -0.2) is 84.4 Å². The fourth-order valence-electron chi connectivity index (χ4n) is 10.6. The van der Waals surface area contributed by atoms with Gasteiger partial charge in [-0.3, -0.25) is 4.79 Å². The molecule has 7 unspecified atom stereocenters. The van der Waals surface area contributed by atoms with Gasteiger partial charge in [-0.1, -0.05) is 86.2 Å². The molecule has 3 N–H and O–H groups in total. The molecule has 7 rings (SSSR count). The molecule has 61 heavy (non-hydrogen) atoms. The zero-order valence-corrected chi connectivity index (χ0v) is 36.0. The lowest BCUT2D eigenvalue weighted by molar-refractivity contribution is -0.256. The standard InChI is InChI=1S/C49H67N3O9/c1-3-28-58-49-43(52(2)44(55)25-22-34-15-7-8-16-34)32-41(51-61-45-21-11-14-29-57-45)39-30-36(19-9-12-26-53)38(20-10-13-27-54)46(47(39)49)40-31-37(23-24-42(40)60-49)59-48(56)50-33-35-17-5-4-6-18-35/h3-6,17-18,23-24,30-31,34,36,38,43,45-47,53-54H,1,7-16,19-22,25-29,32-33H2,2H3,(H,50,56). The van der Waals surface area contributed by atoms with Crippen molar-refractivity contribution in [1.82, 2.24) is 10.2 Å². The van der Waals surface area contributed by atoms with Crippen LogP contribution in [0.15, 0.2) is 78.0 Å². The van der Waals surface area contributed by atoms with Crippen LogP contribution in [0.5, 0.6) is 11.5 Å². The van der Waals surface area contributed by atoms with Crippen molar-refractivity contribution in [2.75, 3.05) is 33.5 Å². The van der Waals surface area contributed by atoms with E-state index < -0.39 is 30.1 Å². The number of carbonyl (C=O) groups is 2. The van der Waals surface area contributed by atoms with Crippen molar-refractivity contribution in [2.45, 2.75) is 133 Å². The van der Waals surface area contributed by atoms with Crippen molar-refractivity contribution in [3.8, 4) is 11.5 Å². The Balaban J connectivity index is 1.33. The molecule has 0 bridgehead atoms. The molecule has 2 aliphatic heterocycles. The van der Waals surface area contributed by atoms with Gasteiger partial charge in [0, 0.05) is 57.6 Å². The van der Waals surface area contributed by atoms with Crippen LogP contribution in [0.4, 0.5) is 4.79 Å². The molecule has 1 saturated heterocycles. The second-order valence-corrected chi connectivity index (χ2v) is 17.6. The Morgan fingerprint density at radius 3 is 2.49 bits per heavy atom. The zero-order chi connectivity index (χ0) is 42.6. The minimum atomic E-state index is -1.34. The molecule has 12 heteroatoms. The first-order valence-corrected chi connectivity index (χ1v) is 23.0. The van der Waals surface area contributed by atoms with Gasteiger partial charge in [0.05, 0.1) is 24.8 Å². The van der Waals surface area contributed by atoms with E-state index in [4.69, 9.17) is 28.9 Å². The second kappa shape index (κ2) is 21.7. The van der Waals surface area contributed by atoms with E-state index in [1.165, 1.54) is 25.7 Å².